The number of nitrogens with one attached hydrogen (secondary N) is 1. The van der Waals surface area contributed by atoms with Gasteiger partial charge < -0.3 is 19.9 Å². The van der Waals surface area contributed by atoms with E-state index >= 15 is 0 Å². The third-order valence-electron chi connectivity index (χ3n) is 7.77. The van der Waals surface area contributed by atoms with Gasteiger partial charge in [-0.15, -0.1) is 0 Å². The van der Waals surface area contributed by atoms with Crippen LogP contribution in [0.25, 0.3) is 0 Å². The van der Waals surface area contributed by atoms with E-state index in [1.165, 1.54) is 16.6 Å². The molecule has 1 aromatic heterocycles. The van der Waals surface area contributed by atoms with Gasteiger partial charge in [-0.25, -0.2) is 13.8 Å². The number of benzene rings is 1. The summed E-state index contributed by atoms with van der Waals surface area (Å²) in [5.74, 6) is -4.39. The number of fused-ring (bicyclic) bond motifs is 5. The fraction of sp³-hybridized carbons (Fsp3) is 0.462. The predicted molar refractivity (Wildman–Crippen MR) is 129 cm³/mol. The Bertz CT molecular complexity index is 1400. The van der Waals surface area contributed by atoms with E-state index in [2.05, 4.69) is 5.32 Å². The van der Waals surface area contributed by atoms with Gasteiger partial charge >= 0.3 is 0 Å². The number of halogens is 2. The molecule has 0 saturated carbocycles. The van der Waals surface area contributed by atoms with Gasteiger partial charge in [-0.1, -0.05) is 0 Å². The standard InChI is InChI=1S/C26H28F2N4O6/c1-4-32-20(33)9-26(38-32)6-5-14(3)30-12-19(26)31-11-16(22(34)23(35)21(31)25(30)37)24(36)29-10-15-17(27)7-13(2)8-18(15)28/h7-8,11,14,19,35H,4-6,9-10,12H2,1-3H3,(H,29,36)/t14-,19+,26-/m0/s1. The Hall–Kier alpha value is -3.80. The van der Waals surface area contributed by atoms with Gasteiger partial charge in [-0.05, 0) is 51.3 Å². The van der Waals surface area contributed by atoms with E-state index in [0.717, 1.165) is 18.3 Å². The number of carbonyl (C=O) groups is 3. The van der Waals surface area contributed by atoms with Crippen molar-refractivity contribution in [2.45, 2.75) is 64.3 Å². The zero-order chi connectivity index (χ0) is 27.5. The molecular formula is C26H28F2N4O6. The van der Waals surface area contributed by atoms with Gasteiger partial charge in [0.1, 0.15) is 22.8 Å². The Kier molecular flexibility index (Phi) is 6.25. The van der Waals surface area contributed by atoms with Crippen molar-refractivity contribution in [3.8, 4) is 5.75 Å². The van der Waals surface area contributed by atoms with Gasteiger partial charge in [0.15, 0.2) is 11.4 Å². The molecule has 3 aliphatic rings. The Balaban J connectivity index is 1.56. The van der Waals surface area contributed by atoms with Gasteiger partial charge in [0.05, 0.1) is 12.5 Å². The maximum Gasteiger partial charge on any atom is 0.274 e. The highest BCUT2D eigenvalue weighted by molar-refractivity contribution is 5.99. The van der Waals surface area contributed by atoms with Crippen LogP contribution in [0.5, 0.6) is 5.75 Å². The molecule has 2 bridgehead atoms. The number of hydrogen-bond acceptors (Lipinski definition) is 6. The Morgan fingerprint density at radius 1 is 1.24 bits per heavy atom. The number of pyridine rings is 1. The second-order valence-corrected chi connectivity index (χ2v) is 10.1. The quantitative estimate of drug-likeness (QED) is 0.625. The summed E-state index contributed by atoms with van der Waals surface area (Å²) >= 11 is 0. The number of carbonyl (C=O) groups excluding carboxylic acids is 3. The second-order valence-electron chi connectivity index (χ2n) is 10.1. The molecule has 202 valence electrons. The van der Waals surface area contributed by atoms with Crippen LogP contribution in [-0.2, 0) is 16.2 Å². The van der Waals surface area contributed by atoms with Crippen LogP contribution in [0.2, 0.25) is 0 Å². The summed E-state index contributed by atoms with van der Waals surface area (Å²) in [5.41, 5.74) is -2.97. The lowest BCUT2D eigenvalue weighted by atomic mass is 9.85. The van der Waals surface area contributed by atoms with E-state index in [9.17, 15) is 33.1 Å². The van der Waals surface area contributed by atoms with Crippen LogP contribution in [0.3, 0.4) is 0 Å². The van der Waals surface area contributed by atoms with Crippen LogP contribution < -0.4 is 10.7 Å². The lowest BCUT2D eigenvalue weighted by Gasteiger charge is -2.42. The first-order valence-corrected chi connectivity index (χ1v) is 12.5. The molecule has 12 heteroatoms. The molecule has 0 radical (unpaired) electrons. The second kappa shape index (κ2) is 9.19. The van der Waals surface area contributed by atoms with Gasteiger partial charge in [0.2, 0.25) is 11.3 Å². The van der Waals surface area contributed by atoms with E-state index in [-0.39, 0.29) is 36.2 Å². The number of aromatic hydroxyl groups is 1. The molecule has 4 heterocycles. The first-order valence-electron chi connectivity index (χ1n) is 12.5. The van der Waals surface area contributed by atoms with Crippen molar-refractivity contribution in [2.24, 2.45) is 0 Å². The average molecular weight is 531 g/mol. The zero-order valence-corrected chi connectivity index (χ0v) is 21.2. The molecule has 2 saturated heterocycles. The highest BCUT2D eigenvalue weighted by atomic mass is 19.1. The Morgan fingerprint density at radius 2 is 1.92 bits per heavy atom. The highest BCUT2D eigenvalue weighted by Gasteiger charge is 2.56. The van der Waals surface area contributed by atoms with Crippen molar-refractivity contribution < 1.29 is 33.1 Å². The molecule has 2 N–H and O–H groups in total. The van der Waals surface area contributed by atoms with E-state index in [1.807, 2.05) is 6.92 Å². The van der Waals surface area contributed by atoms with Crippen LogP contribution in [0, 0.1) is 18.6 Å². The van der Waals surface area contributed by atoms with Crippen molar-refractivity contribution in [1.29, 1.82) is 0 Å². The molecule has 3 atom stereocenters. The molecule has 38 heavy (non-hydrogen) atoms. The summed E-state index contributed by atoms with van der Waals surface area (Å²) in [4.78, 5) is 59.8. The van der Waals surface area contributed by atoms with Crippen LogP contribution >= 0.6 is 0 Å². The molecule has 10 nitrogen and oxygen atoms in total. The maximum absolute atomic E-state index is 14.3. The summed E-state index contributed by atoms with van der Waals surface area (Å²) < 4.78 is 29.9. The molecule has 1 spiro atoms. The molecular weight excluding hydrogens is 502 g/mol. The Morgan fingerprint density at radius 3 is 2.55 bits per heavy atom. The molecule has 2 aromatic rings. The summed E-state index contributed by atoms with van der Waals surface area (Å²) in [6.07, 6.45) is 2.13. The monoisotopic (exact) mass is 530 g/mol. The summed E-state index contributed by atoms with van der Waals surface area (Å²) in [7, 11) is 0. The Labute approximate surface area is 216 Å². The zero-order valence-electron chi connectivity index (χ0n) is 21.2. The number of aryl methyl sites for hydroxylation is 1. The van der Waals surface area contributed by atoms with E-state index in [4.69, 9.17) is 4.84 Å². The van der Waals surface area contributed by atoms with Crippen molar-refractivity contribution in [3.63, 3.8) is 0 Å². The molecule has 1 aromatic carbocycles. The number of nitrogens with zero attached hydrogens (tertiary/aromatic N) is 3. The molecule has 3 aliphatic heterocycles. The van der Waals surface area contributed by atoms with Crippen molar-refractivity contribution >= 4 is 17.7 Å². The SMILES string of the molecule is CCN1O[C@@]2(CC[C@H](C)N3C[C@H]2n2cc(C(=O)NCc4c(F)cc(C)cc4F)c(=O)c(O)c2C3=O)CC1=O. The normalized spacial score (nSPS) is 24.6. The van der Waals surface area contributed by atoms with Gasteiger partial charge in [0.25, 0.3) is 11.8 Å². The number of hydroxylamine groups is 2. The van der Waals surface area contributed by atoms with Crippen LogP contribution in [0.15, 0.2) is 23.1 Å². The van der Waals surface area contributed by atoms with Crippen molar-refractivity contribution in [3.05, 3.63) is 62.6 Å². The van der Waals surface area contributed by atoms with Crippen LogP contribution in [0.1, 0.15) is 71.1 Å². The minimum Gasteiger partial charge on any atom is -0.503 e. The topological polar surface area (TPSA) is 121 Å². The van der Waals surface area contributed by atoms with Gasteiger partial charge in [-0.2, -0.15) is 0 Å². The number of amides is 3. The molecule has 5 rings (SSSR count). The molecule has 3 amide bonds. The van der Waals surface area contributed by atoms with Gasteiger partial charge in [0, 0.05) is 37.4 Å². The lowest BCUT2D eigenvalue weighted by molar-refractivity contribution is -0.211. The maximum atomic E-state index is 14.3. The number of hydrogen-bond donors (Lipinski definition) is 2. The van der Waals surface area contributed by atoms with Crippen molar-refractivity contribution in [1.82, 2.24) is 19.8 Å². The fourth-order valence-electron chi connectivity index (χ4n) is 5.67. The van der Waals surface area contributed by atoms with E-state index in [0.29, 0.717) is 24.9 Å². The fourth-order valence-corrected chi connectivity index (χ4v) is 5.67. The minimum atomic E-state index is -1.09. The van der Waals surface area contributed by atoms with Gasteiger partial charge in [-0.3, -0.25) is 24.0 Å². The number of aromatic nitrogens is 1. The largest absolute Gasteiger partial charge is 0.503 e. The molecule has 2 fully saturated rings. The van der Waals surface area contributed by atoms with Crippen LogP contribution in [0.4, 0.5) is 8.78 Å². The highest BCUT2D eigenvalue weighted by Crippen LogP contribution is 2.47. The average Bonchev–Trinajstić information content (AvgIpc) is 3.13. The molecule has 0 unspecified atom stereocenters. The minimum absolute atomic E-state index is 0.0279. The first kappa shape index (κ1) is 25.8. The smallest absolute Gasteiger partial charge is 0.274 e. The predicted octanol–water partition coefficient (Wildman–Crippen LogP) is 2.17. The third-order valence-corrected chi connectivity index (χ3v) is 7.77. The van der Waals surface area contributed by atoms with Crippen molar-refractivity contribution in [2.75, 3.05) is 13.1 Å². The van der Waals surface area contributed by atoms with E-state index in [1.54, 1.807) is 11.8 Å². The third kappa shape index (κ3) is 3.94. The van der Waals surface area contributed by atoms with E-state index < -0.39 is 58.4 Å². The summed E-state index contributed by atoms with van der Waals surface area (Å²) in [6.45, 7) is 5.05. The number of rotatable bonds is 4. The lowest BCUT2D eigenvalue weighted by Crippen LogP contribution is -2.52. The summed E-state index contributed by atoms with van der Waals surface area (Å²) in [5, 5.41) is 14.5. The summed E-state index contributed by atoms with van der Waals surface area (Å²) in [6, 6.07) is 1.31. The molecule has 0 aliphatic carbocycles. The first-order chi connectivity index (χ1) is 18.0. The van der Waals surface area contributed by atoms with Crippen LogP contribution in [-0.4, -0.2) is 62.1 Å².